The summed E-state index contributed by atoms with van der Waals surface area (Å²) < 4.78 is 10.8. The third kappa shape index (κ3) is 5.18. The maximum absolute atomic E-state index is 8.96. The third-order valence-corrected chi connectivity index (χ3v) is 2.95. The maximum Gasteiger partial charge on any atom is 0.488 e. The predicted molar refractivity (Wildman–Crippen MR) is 71.6 cm³/mol. The highest BCUT2D eigenvalue weighted by Crippen LogP contribution is 2.13. The van der Waals surface area contributed by atoms with Crippen molar-refractivity contribution in [2.75, 3.05) is 13.7 Å². The van der Waals surface area contributed by atoms with Crippen molar-refractivity contribution in [1.29, 1.82) is 0 Å². The Bertz CT molecular complexity index is 349. The summed E-state index contributed by atoms with van der Waals surface area (Å²) in [5.41, 5.74) is 1.33. The summed E-state index contributed by atoms with van der Waals surface area (Å²) in [5, 5.41) is 17.9. The molecule has 0 bridgehead atoms. The maximum atomic E-state index is 8.96. The summed E-state index contributed by atoms with van der Waals surface area (Å²) in [5.74, 6) is 0. The SMILES string of the molecule is COC(C)(C)CCOCc1ccc(B(O)O)cc1. The first-order valence-electron chi connectivity index (χ1n) is 6.02. The second kappa shape index (κ2) is 6.90. The van der Waals surface area contributed by atoms with Crippen molar-refractivity contribution >= 4 is 12.6 Å². The van der Waals surface area contributed by atoms with E-state index in [1.807, 2.05) is 26.0 Å². The average molecular weight is 252 g/mol. The van der Waals surface area contributed by atoms with Gasteiger partial charge in [-0.05, 0) is 31.3 Å². The number of hydrogen-bond donors (Lipinski definition) is 2. The molecule has 0 spiro atoms. The Kier molecular flexibility index (Phi) is 5.82. The van der Waals surface area contributed by atoms with Crippen LogP contribution in [-0.2, 0) is 16.1 Å². The van der Waals surface area contributed by atoms with Crippen LogP contribution in [0.3, 0.4) is 0 Å². The lowest BCUT2D eigenvalue weighted by molar-refractivity contribution is -0.0124. The van der Waals surface area contributed by atoms with Gasteiger partial charge in [0.15, 0.2) is 0 Å². The predicted octanol–water partition coefficient (Wildman–Crippen LogP) is 0.698. The summed E-state index contributed by atoms with van der Waals surface area (Å²) in [4.78, 5) is 0. The number of methoxy groups -OCH3 is 1. The van der Waals surface area contributed by atoms with Crippen LogP contribution in [-0.4, -0.2) is 36.5 Å². The third-order valence-electron chi connectivity index (χ3n) is 2.95. The van der Waals surface area contributed by atoms with Crippen molar-refractivity contribution in [2.45, 2.75) is 32.5 Å². The summed E-state index contributed by atoms with van der Waals surface area (Å²) in [6.45, 7) is 5.19. The lowest BCUT2D eigenvalue weighted by Gasteiger charge is -2.22. The molecule has 1 aromatic rings. The van der Waals surface area contributed by atoms with Gasteiger partial charge in [-0.1, -0.05) is 24.3 Å². The van der Waals surface area contributed by atoms with Gasteiger partial charge in [-0.25, -0.2) is 0 Å². The van der Waals surface area contributed by atoms with Crippen molar-refractivity contribution in [3.05, 3.63) is 29.8 Å². The highest BCUT2D eigenvalue weighted by molar-refractivity contribution is 6.58. The summed E-state index contributed by atoms with van der Waals surface area (Å²) in [6.07, 6.45) is 0.830. The van der Waals surface area contributed by atoms with Crippen LogP contribution in [0.5, 0.6) is 0 Å². The van der Waals surface area contributed by atoms with E-state index in [4.69, 9.17) is 19.5 Å². The Labute approximate surface area is 109 Å². The molecule has 0 radical (unpaired) electrons. The first kappa shape index (κ1) is 15.2. The molecule has 5 heteroatoms. The fourth-order valence-electron chi connectivity index (χ4n) is 1.40. The van der Waals surface area contributed by atoms with Crippen molar-refractivity contribution in [2.24, 2.45) is 0 Å². The molecule has 0 aliphatic carbocycles. The largest absolute Gasteiger partial charge is 0.488 e. The van der Waals surface area contributed by atoms with Crippen LogP contribution in [0.25, 0.3) is 0 Å². The number of hydrogen-bond acceptors (Lipinski definition) is 4. The fourth-order valence-corrected chi connectivity index (χ4v) is 1.40. The van der Waals surface area contributed by atoms with Crippen LogP contribution >= 0.6 is 0 Å². The molecule has 0 aliphatic rings. The van der Waals surface area contributed by atoms with Crippen LogP contribution in [0.2, 0.25) is 0 Å². The van der Waals surface area contributed by atoms with E-state index in [1.54, 1.807) is 19.2 Å². The minimum Gasteiger partial charge on any atom is -0.423 e. The molecule has 2 N–H and O–H groups in total. The van der Waals surface area contributed by atoms with Crippen LogP contribution in [0.4, 0.5) is 0 Å². The molecule has 0 aromatic heterocycles. The zero-order valence-corrected chi connectivity index (χ0v) is 11.2. The number of ether oxygens (including phenoxy) is 2. The van der Waals surface area contributed by atoms with E-state index in [9.17, 15) is 0 Å². The minimum atomic E-state index is -1.41. The summed E-state index contributed by atoms with van der Waals surface area (Å²) in [7, 11) is 0.279. The van der Waals surface area contributed by atoms with Crippen molar-refractivity contribution in [3.8, 4) is 0 Å². The molecule has 0 unspecified atom stereocenters. The van der Waals surface area contributed by atoms with Gasteiger partial charge in [0.25, 0.3) is 0 Å². The molecule has 0 amide bonds. The van der Waals surface area contributed by atoms with Gasteiger partial charge >= 0.3 is 7.12 Å². The molecule has 0 saturated heterocycles. The molecule has 0 atom stereocenters. The van der Waals surface area contributed by atoms with Gasteiger partial charge in [-0.2, -0.15) is 0 Å². The highest BCUT2D eigenvalue weighted by Gasteiger charge is 2.15. The van der Waals surface area contributed by atoms with Crippen LogP contribution < -0.4 is 5.46 Å². The minimum absolute atomic E-state index is 0.162. The molecule has 100 valence electrons. The van der Waals surface area contributed by atoms with Crippen molar-refractivity contribution in [1.82, 2.24) is 0 Å². The second-order valence-corrected chi connectivity index (χ2v) is 4.88. The standard InChI is InChI=1S/C13H21BO4/c1-13(2,17-3)8-9-18-10-11-4-6-12(7-5-11)14(15)16/h4-7,15-16H,8-10H2,1-3H3. The zero-order chi connectivity index (χ0) is 13.6. The van der Waals surface area contributed by atoms with Gasteiger partial charge in [0, 0.05) is 13.7 Å². The van der Waals surface area contributed by atoms with E-state index >= 15 is 0 Å². The molecule has 18 heavy (non-hydrogen) atoms. The molecule has 1 rings (SSSR count). The topological polar surface area (TPSA) is 58.9 Å². The fraction of sp³-hybridized carbons (Fsp3) is 0.538. The van der Waals surface area contributed by atoms with E-state index in [0.717, 1.165) is 12.0 Å². The zero-order valence-electron chi connectivity index (χ0n) is 11.2. The molecular weight excluding hydrogens is 231 g/mol. The first-order chi connectivity index (χ1) is 8.44. The van der Waals surface area contributed by atoms with E-state index in [1.165, 1.54) is 0 Å². The molecule has 4 nitrogen and oxygen atoms in total. The lowest BCUT2D eigenvalue weighted by atomic mass is 9.80. The summed E-state index contributed by atoms with van der Waals surface area (Å²) >= 11 is 0. The Balaban J connectivity index is 2.32. The van der Waals surface area contributed by atoms with Gasteiger partial charge in [0.05, 0.1) is 12.2 Å². The van der Waals surface area contributed by atoms with Gasteiger partial charge in [-0.15, -0.1) is 0 Å². The highest BCUT2D eigenvalue weighted by atomic mass is 16.5. The van der Waals surface area contributed by atoms with Gasteiger partial charge in [0.2, 0.25) is 0 Å². The van der Waals surface area contributed by atoms with E-state index in [-0.39, 0.29) is 5.60 Å². The second-order valence-electron chi connectivity index (χ2n) is 4.88. The Morgan fingerprint density at radius 1 is 1.17 bits per heavy atom. The average Bonchev–Trinajstić information content (AvgIpc) is 2.35. The van der Waals surface area contributed by atoms with Gasteiger partial charge in [-0.3, -0.25) is 0 Å². The van der Waals surface area contributed by atoms with E-state index in [2.05, 4.69) is 0 Å². The smallest absolute Gasteiger partial charge is 0.423 e. The van der Waals surface area contributed by atoms with E-state index < -0.39 is 7.12 Å². The van der Waals surface area contributed by atoms with Crippen molar-refractivity contribution in [3.63, 3.8) is 0 Å². The Morgan fingerprint density at radius 3 is 2.28 bits per heavy atom. The van der Waals surface area contributed by atoms with Crippen LogP contribution in [0, 0.1) is 0 Å². The van der Waals surface area contributed by atoms with Crippen LogP contribution in [0.15, 0.2) is 24.3 Å². The quantitative estimate of drug-likeness (QED) is 0.554. The first-order valence-corrected chi connectivity index (χ1v) is 6.02. The molecule has 1 aromatic carbocycles. The number of benzene rings is 1. The summed E-state index contributed by atoms with van der Waals surface area (Å²) in [6, 6.07) is 7.03. The Hall–Kier alpha value is -0.875. The van der Waals surface area contributed by atoms with Crippen molar-refractivity contribution < 1.29 is 19.5 Å². The van der Waals surface area contributed by atoms with Crippen LogP contribution in [0.1, 0.15) is 25.8 Å². The normalized spacial score (nSPS) is 11.6. The molecule has 0 aliphatic heterocycles. The Morgan fingerprint density at radius 2 is 1.78 bits per heavy atom. The number of rotatable bonds is 7. The molecule has 0 fully saturated rings. The lowest BCUT2D eigenvalue weighted by Crippen LogP contribution is -2.29. The monoisotopic (exact) mass is 252 g/mol. The molecule has 0 heterocycles. The van der Waals surface area contributed by atoms with E-state index in [0.29, 0.717) is 18.7 Å². The van der Waals surface area contributed by atoms with Gasteiger partial charge < -0.3 is 19.5 Å². The molecular formula is C13H21BO4. The van der Waals surface area contributed by atoms with Gasteiger partial charge in [0.1, 0.15) is 0 Å². The molecule has 0 saturated carbocycles.